The Morgan fingerprint density at radius 1 is 1.29 bits per heavy atom. The molecule has 1 amide bonds. The van der Waals surface area contributed by atoms with E-state index in [0.717, 1.165) is 5.56 Å². The maximum atomic E-state index is 11.8. The Morgan fingerprint density at radius 2 is 1.82 bits per heavy atom. The molecule has 0 aliphatic rings. The van der Waals surface area contributed by atoms with Crippen molar-refractivity contribution < 1.29 is 4.79 Å². The van der Waals surface area contributed by atoms with E-state index in [1.54, 1.807) is 0 Å². The Morgan fingerprint density at radius 3 is 2.29 bits per heavy atom. The van der Waals surface area contributed by atoms with Crippen LogP contribution in [0.15, 0.2) is 24.3 Å². The molecule has 1 aromatic carbocycles. The maximum Gasteiger partial charge on any atom is 0.220 e. The highest BCUT2D eigenvalue weighted by Crippen LogP contribution is 2.20. The number of hydrogen-bond donors (Lipinski definition) is 1. The maximum absolute atomic E-state index is 11.8. The van der Waals surface area contributed by atoms with Gasteiger partial charge in [-0.15, -0.1) is 0 Å². The van der Waals surface area contributed by atoms with Crippen LogP contribution in [0.2, 0.25) is 5.02 Å². The molecule has 0 aromatic heterocycles. The molecule has 1 aromatic rings. The van der Waals surface area contributed by atoms with Crippen LogP contribution in [0.4, 0.5) is 0 Å². The zero-order valence-electron chi connectivity index (χ0n) is 10.9. The lowest BCUT2D eigenvalue weighted by molar-refractivity contribution is -0.123. The largest absolute Gasteiger partial charge is 0.350 e. The number of nitrogens with one attached hydrogen (secondary N) is 1. The fourth-order valence-corrected chi connectivity index (χ4v) is 1.73. The van der Waals surface area contributed by atoms with E-state index in [2.05, 4.69) is 26.1 Å². The first-order valence-electron chi connectivity index (χ1n) is 5.83. The van der Waals surface area contributed by atoms with Gasteiger partial charge in [-0.3, -0.25) is 4.79 Å². The van der Waals surface area contributed by atoms with Gasteiger partial charge >= 0.3 is 0 Å². The molecule has 94 valence electrons. The molecule has 0 saturated carbocycles. The number of hydrogen-bond acceptors (Lipinski definition) is 1. The Bertz CT molecular complexity index is 378. The summed E-state index contributed by atoms with van der Waals surface area (Å²) in [5, 5.41) is 3.70. The molecule has 0 fully saturated rings. The van der Waals surface area contributed by atoms with Crippen LogP contribution in [0, 0.1) is 5.41 Å². The molecule has 1 N–H and O–H groups in total. The fourth-order valence-electron chi connectivity index (χ4n) is 1.61. The quantitative estimate of drug-likeness (QED) is 0.868. The molecule has 2 nitrogen and oxygen atoms in total. The van der Waals surface area contributed by atoms with Crippen LogP contribution >= 0.6 is 11.6 Å². The van der Waals surface area contributed by atoms with E-state index < -0.39 is 0 Å². The first-order valence-corrected chi connectivity index (χ1v) is 6.20. The Kier molecular flexibility index (Phi) is 4.58. The average molecular weight is 254 g/mol. The smallest absolute Gasteiger partial charge is 0.220 e. The highest BCUT2D eigenvalue weighted by atomic mass is 35.5. The van der Waals surface area contributed by atoms with Gasteiger partial charge in [-0.05, 0) is 30.0 Å². The Balaban J connectivity index is 2.57. The predicted molar refractivity (Wildman–Crippen MR) is 72.1 cm³/mol. The van der Waals surface area contributed by atoms with Gasteiger partial charge in [-0.2, -0.15) is 0 Å². The third-order valence-corrected chi connectivity index (χ3v) is 2.69. The summed E-state index contributed by atoms with van der Waals surface area (Å²) < 4.78 is 0. The number of benzene rings is 1. The van der Waals surface area contributed by atoms with Crippen LogP contribution in [0.1, 0.15) is 45.7 Å². The van der Waals surface area contributed by atoms with E-state index in [9.17, 15) is 4.79 Å². The zero-order chi connectivity index (χ0) is 13.1. The molecule has 1 atom stereocenters. The van der Waals surface area contributed by atoms with Crippen LogP contribution < -0.4 is 5.32 Å². The van der Waals surface area contributed by atoms with Crippen molar-refractivity contribution in [1.82, 2.24) is 5.32 Å². The van der Waals surface area contributed by atoms with Gasteiger partial charge < -0.3 is 5.32 Å². The summed E-state index contributed by atoms with van der Waals surface area (Å²) in [5.74, 6) is 0.0833. The zero-order valence-corrected chi connectivity index (χ0v) is 11.6. The van der Waals surface area contributed by atoms with Crippen molar-refractivity contribution in [2.75, 3.05) is 0 Å². The molecule has 0 aliphatic carbocycles. The monoisotopic (exact) mass is 253 g/mol. The van der Waals surface area contributed by atoms with Crippen LogP contribution in [-0.2, 0) is 4.79 Å². The number of carbonyl (C=O) groups excluding carboxylic acids is 1. The molecular formula is C14H20ClNO. The van der Waals surface area contributed by atoms with Gasteiger partial charge in [0.1, 0.15) is 0 Å². The van der Waals surface area contributed by atoms with E-state index in [1.807, 2.05) is 31.2 Å². The van der Waals surface area contributed by atoms with E-state index in [-0.39, 0.29) is 17.4 Å². The summed E-state index contributed by atoms with van der Waals surface area (Å²) in [4.78, 5) is 11.8. The molecule has 0 spiro atoms. The van der Waals surface area contributed by atoms with E-state index in [1.165, 1.54) is 0 Å². The first-order chi connectivity index (χ1) is 7.78. The van der Waals surface area contributed by atoms with Gasteiger partial charge in [-0.1, -0.05) is 44.5 Å². The fraction of sp³-hybridized carbons (Fsp3) is 0.500. The molecular weight excluding hydrogens is 234 g/mol. The summed E-state index contributed by atoms with van der Waals surface area (Å²) in [6.45, 7) is 8.14. The SMILES string of the molecule is CC(NC(=O)CC(C)(C)C)c1ccc(Cl)cc1. The van der Waals surface area contributed by atoms with Gasteiger partial charge in [0.15, 0.2) is 0 Å². The lowest BCUT2D eigenvalue weighted by atomic mass is 9.91. The average Bonchev–Trinajstić information content (AvgIpc) is 2.15. The summed E-state index contributed by atoms with van der Waals surface area (Å²) in [6, 6.07) is 7.56. The molecule has 0 saturated heterocycles. The number of halogens is 1. The van der Waals surface area contributed by atoms with Crippen LogP contribution in [0.3, 0.4) is 0 Å². The van der Waals surface area contributed by atoms with E-state index in [4.69, 9.17) is 11.6 Å². The highest BCUT2D eigenvalue weighted by molar-refractivity contribution is 6.30. The molecule has 1 unspecified atom stereocenters. The number of amides is 1. The second-order valence-electron chi connectivity index (χ2n) is 5.58. The lowest BCUT2D eigenvalue weighted by Crippen LogP contribution is -2.29. The lowest BCUT2D eigenvalue weighted by Gasteiger charge is -2.20. The van der Waals surface area contributed by atoms with E-state index in [0.29, 0.717) is 11.4 Å². The van der Waals surface area contributed by atoms with Crippen molar-refractivity contribution >= 4 is 17.5 Å². The molecule has 0 radical (unpaired) electrons. The van der Waals surface area contributed by atoms with Gasteiger partial charge in [-0.25, -0.2) is 0 Å². The third-order valence-electron chi connectivity index (χ3n) is 2.44. The minimum absolute atomic E-state index is 0.0158. The minimum atomic E-state index is 0.0158. The molecule has 17 heavy (non-hydrogen) atoms. The molecule has 0 aliphatic heterocycles. The van der Waals surface area contributed by atoms with Crippen molar-refractivity contribution in [3.63, 3.8) is 0 Å². The van der Waals surface area contributed by atoms with Gasteiger partial charge in [0.05, 0.1) is 6.04 Å². The summed E-state index contributed by atoms with van der Waals surface area (Å²) in [7, 11) is 0. The van der Waals surface area contributed by atoms with Crippen molar-refractivity contribution in [3.05, 3.63) is 34.9 Å². The Labute approximate surface area is 108 Å². The Hall–Kier alpha value is -1.02. The van der Waals surface area contributed by atoms with Crippen molar-refractivity contribution in [2.24, 2.45) is 5.41 Å². The number of rotatable bonds is 3. The van der Waals surface area contributed by atoms with Gasteiger partial charge in [0.2, 0.25) is 5.91 Å². The van der Waals surface area contributed by atoms with Crippen molar-refractivity contribution in [2.45, 2.75) is 40.2 Å². The topological polar surface area (TPSA) is 29.1 Å². The van der Waals surface area contributed by atoms with Gasteiger partial charge in [0.25, 0.3) is 0 Å². The summed E-state index contributed by atoms with van der Waals surface area (Å²) in [6.07, 6.45) is 0.533. The predicted octanol–water partition coefficient (Wildman–Crippen LogP) is 3.95. The van der Waals surface area contributed by atoms with Crippen molar-refractivity contribution in [3.8, 4) is 0 Å². The van der Waals surface area contributed by atoms with Crippen LogP contribution in [-0.4, -0.2) is 5.91 Å². The van der Waals surface area contributed by atoms with Crippen molar-refractivity contribution in [1.29, 1.82) is 0 Å². The number of carbonyl (C=O) groups is 1. The normalized spacial score (nSPS) is 13.2. The van der Waals surface area contributed by atoms with Gasteiger partial charge in [0, 0.05) is 11.4 Å². The van der Waals surface area contributed by atoms with Crippen LogP contribution in [0.25, 0.3) is 0 Å². The molecule has 0 heterocycles. The minimum Gasteiger partial charge on any atom is -0.350 e. The third kappa shape index (κ3) is 5.22. The van der Waals surface area contributed by atoms with E-state index >= 15 is 0 Å². The second-order valence-corrected chi connectivity index (χ2v) is 6.01. The molecule has 0 bridgehead atoms. The standard InChI is InChI=1S/C14H20ClNO/c1-10(11-5-7-12(15)8-6-11)16-13(17)9-14(2,3)4/h5-8,10H,9H2,1-4H3,(H,16,17). The molecule has 1 rings (SSSR count). The summed E-state index contributed by atoms with van der Waals surface area (Å²) >= 11 is 5.82. The summed E-state index contributed by atoms with van der Waals surface area (Å²) in [5.41, 5.74) is 1.08. The second kappa shape index (κ2) is 5.54. The highest BCUT2D eigenvalue weighted by Gasteiger charge is 2.17. The first kappa shape index (κ1) is 14.0. The van der Waals surface area contributed by atoms with Crippen LogP contribution in [0.5, 0.6) is 0 Å². The molecule has 3 heteroatoms.